The third-order valence-corrected chi connectivity index (χ3v) is 8.62. The molecular weight excluding hydrogens is 606 g/mol. The molecule has 0 saturated carbocycles. The summed E-state index contributed by atoms with van der Waals surface area (Å²) in [5.41, 5.74) is -3.70. The Balaban J connectivity index is 1.54. The zero-order valence-corrected chi connectivity index (χ0v) is 25.4. The molecule has 2 aromatic carbocycles. The van der Waals surface area contributed by atoms with Crippen LogP contribution in [0.3, 0.4) is 0 Å². The summed E-state index contributed by atoms with van der Waals surface area (Å²) < 4.78 is 85.6. The number of amides is 2. The van der Waals surface area contributed by atoms with E-state index in [2.05, 4.69) is 5.32 Å². The van der Waals surface area contributed by atoms with Crippen LogP contribution in [-0.2, 0) is 21.9 Å². The minimum absolute atomic E-state index is 0.0277. The summed E-state index contributed by atoms with van der Waals surface area (Å²) in [5.74, 6) is -0.486. The van der Waals surface area contributed by atoms with E-state index in [9.17, 15) is 35.9 Å². The lowest BCUT2D eigenvalue weighted by atomic mass is 9.99. The molecule has 0 spiro atoms. The first-order chi connectivity index (χ1) is 20.7. The molecule has 1 N–H and O–H groups in total. The standard InChI is InChI=1S/C31H36F6N4O2S/c1-39(2)20-27(43)41-17-13-22(14-18-41)38-23-7-6-8-24(19-23)44-25-11-9-21(10-12-26(42)40-15-4-3-5-16-40)28(30(32,33)34)29(25)31(35,36)37/h6-12,19,22,38H,3-5,13-18,20H2,1-2H3/b12-10+. The first-order valence-corrected chi connectivity index (χ1v) is 15.3. The predicted molar refractivity (Wildman–Crippen MR) is 158 cm³/mol. The second kappa shape index (κ2) is 14.3. The highest BCUT2D eigenvalue weighted by molar-refractivity contribution is 7.99. The number of likely N-dealkylation sites (N-methyl/N-ethyl adjacent to an activating group) is 1. The van der Waals surface area contributed by atoms with Crippen molar-refractivity contribution in [3.63, 3.8) is 0 Å². The number of nitrogens with zero attached hydrogens (tertiary/aromatic N) is 3. The van der Waals surface area contributed by atoms with Crippen molar-refractivity contribution in [1.29, 1.82) is 0 Å². The maximum absolute atomic E-state index is 14.3. The summed E-state index contributed by atoms with van der Waals surface area (Å²) in [4.78, 5) is 29.6. The number of piperidine rings is 2. The van der Waals surface area contributed by atoms with Gasteiger partial charge in [0.25, 0.3) is 0 Å². The van der Waals surface area contributed by atoms with Crippen LogP contribution < -0.4 is 5.32 Å². The third-order valence-electron chi connectivity index (χ3n) is 7.57. The number of alkyl halides is 6. The fourth-order valence-corrected chi connectivity index (χ4v) is 6.49. The van der Waals surface area contributed by atoms with Crippen LogP contribution in [0.5, 0.6) is 0 Å². The van der Waals surface area contributed by atoms with Crippen molar-refractivity contribution in [2.75, 3.05) is 52.1 Å². The average Bonchev–Trinajstić information content (AvgIpc) is 2.95. The summed E-state index contributed by atoms with van der Waals surface area (Å²) in [6.45, 7) is 2.38. The maximum atomic E-state index is 14.3. The molecule has 2 fully saturated rings. The summed E-state index contributed by atoms with van der Waals surface area (Å²) in [6.07, 6.45) is -5.04. The van der Waals surface area contributed by atoms with E-state index in [-0.39, 0.29) is 11.9 Å². The Morgan fingerprint density at radius 1 is 0.909 bits per heavy atom. The van der Waals surface area contributed by atoms with Crippen LogP contribution in [0.1, 0.15) is 48.8 Å². The first kappa shape index (κ1) is 33.7. The fraction of sp³-hybridized carbons (Fsp3) is 0.484. The fourth-order valence-electron chi connectivity index (χ4n) is 5.45. The summed E-state index contributed by atoms with van der Waals surface area (Å²) in [6, 6.07) is 8.54. The van der Waals surface area contributed by atoms with E-state index >= 15 is 0 Å². The molecule has 44 heavy (non-hydrogen) atoms. The Hall–Kier alpha value is -3.19. The van der Waals surface area contributed by atoms with Gasteiger partial charge in [-0.2, -0.15) is 26.3 Å². The minimum Gasteiger partial charge on any atom is -0.382 e. The molecule has 0 aliphatic carbocycles. The number of carbonyl (C=O) groups is 2. The Morgan fingerprint density at radius 3 is 2.18 bits per heavy atom. The van der Waals surface area contributed by atoms with Gasteiger partial charge in [-0.05, 0) is 82.1 Å². The Labute approximate surface area is 257 Å². The topological polar surface area (TPSA) is 55.9 Å². The van der Waals surface area contributed by atoms with Gasteiger partial charge in [0.15, 0.2) is 0 Å². The lowest BCUT2D eigenvalue weighted by Crippen LogP contribution is -2.45. The molecule has 0 unspecified atom stereocenters. The normalized spacial score (nSPS) is 17.0. The average molecular weight is 643 g/mol. The van der Waals surface area contributed by atoms with Crippen molar-refractivity contribution >= 4 is 35.3 Å². The summed E-state index contributed by atoms with van der Waals surface area (Å²) in [5, 5.41) is 3.34. The second-order valence-electron chi connectivity index (χ2n) is 11.3. The van der Waals surface area contributed by atoms with Crippen molar-refractivity contribution in [2.24, 2.45) is 0 Å². The van der Waals surface area contributed by atoms with E-state index in [1.165, 1.54) is 11.0 Å². The van der Waals surface area contributed by atoms with Gasteiger partial charge in [0, 0.05) is 53.8 Å². The predicted octanol–water partition coefficient (Wildman–Crippen LogP) is 6.87. The van der Waals surface area contributed by atoms with Crippen LogP contribution in [0.25, 0.3) is 6.08 Å². The molecule has 13 heteroatoms. The molecule has 2 aromatic rings. The van der Waals surface area contributed by atoms with Gasteiger partial charge in [-0.1, -0.05) is 23.9 Å². The van der Waals surface area contributed by atoms with Crippen LogP contribution in [-0.4, -0.2) is 79.4 Å². The van der Waals surface area contributed by atoms with Crippen LogP contribution in [0.15, 0.2) is 52.3 Å². The van der Waals surface area contributed by atoms with Gasteiger partial charge < -0.3 is 20.0 Å². The van der Waals surface area contributed by atoms with Crippen LogP contribution in [0, 0.1) is 0 Å². The third kappa shape index (κ3) is 8.93. The molecule has 2 saturated heterocycles. The van der Waals surface area contributed by atoms with E-state index in [4.69, 9.17) is 0 Å². The van der Waals surface area contributed by atoms with Gasteiger partial charge in [0.1, 0.15) is 0 Å². The van der Waals surface area contributed by atoms with Crippen molar-refractivity contribution in [2.45, 2.75) is 60.3 Å². The lowest BCUT2D eigenvalue weighted by Gasteiger charge is -2.33. The number of carbonyl (C=O) groups excluding carboxylic acids is 2. The molecule has 0 bridgehead atoms. The number of hydrogen-bond donors (Lipinski definition) is 1. The van der Waals surface area contributed by atoms with Gasteiger partial charge >= 0.3 is 12.4 Å². The van der Waals surface area contributed by atoms with Gasteiger partial charge in [-0.25, -0.2) is 0 Å². The maximum Gasteiger partial charge on any atom is 0.418 e. The zero-order valence-electron chi connectivity index (χ0n) is 24.6. The molecule has 240 valence electrons. The largest absolute Gasteiger partial charge is 0.418 e. The SMILES string of the molecule is CN(C)CC(=O)N1CCC(Nc2cccc(Sc3ccc(/C=C/C(=O)N4CCCCC4)c(C(F)(F)F)c3C(F)(F)F)c2)CC1. The highest BCUT2D eigenvalue weighted by Crippen LogP contribution is 2.48. The Morgan fingerprint density at radius 2 is 1.57 bits per heavy atom. The molecule has 0 atom stereocenters. The number of nitrogens with one attached hydrogen (secondary N) is 1. The van der Waals surface area contributed by atoms with Gasteiger partial charge in [-0.3, -0.25) is 9.59 Å². The quantitative estimate of drug-likeness (QED) is 0.252. The number of benzene rings is 2. The van der Waals surface area contributed by atoms with Crippen molar-refractivity contribution < 1.29 is 35.9 Å². The summed E-state index contributed by atoms with van der Waals surface area (Å²) in [7, 11) is 3.65. The van der Waals surface area contributed by atoms with Crippen molar-refractivity contribution in [3.8, 4) is 0 Å². The first-order valence-electron chi connectivity index (χ1n) is 14.5. The Bertz CT molecular complexity index is 1350. The van der Waals surface area contributed by atoms with E-state index in [1.807, 2.05) is 14.1 Å². The minimum atomic E-state index is -5.32. The molecule has 2 heterocycles. The van der Waals surface area contributed by atoms with Crippen molar-refractivity contribution in [1.82, 2.24) is 14.7 Å². The Kier molecular flexibility index (Phi) is 10.9. The van der Waals surface area contributed by atoms with E-state index in [1.54, 1.807) is 28.0 Å². The number of anilines is 1. The number of likely N-dealkylation sites (tertiary alicyclic amines) is 2. The second-order valence-corrected chi connectivity index (χ2v) is 12.4. The van der Waals surface area contributed by atoms with Gasteiger partial charge in [0.05, 0.1) is 17.7 Å². The number of hydrogen-bond acceptors (Lipinski definition) is 5. The smallest absolute Gasteiger partial charge is 0.382 e. The van der Waals surface area contributed by atoms with E-state index < -0.39 is 39.8 Å². The molecule has 4 rings (SSSR count). The highest BCUT2D eigenvalue weighted by atomic mass is 32.2. The molecule has 6 nitrogen and oxygen atoms in total. The molecule has 2 aliphatic heterocycles. The van der Waals surface area contributed by atoms with Crippen LogP contribution in [0.4, 0.5) is 32.0 Å². The molecule has 2 amide bonds. The number of halogens is 6. The highest BCUT2D eigenvalue weighted by Gasteiger charge is 2.46. The van der Waals surface area contributed by atoms with E-state index in [0.29, 0.717) is 67.9 Å². The lowest BCUT2D eigenvalue weighted by molar-refractivity contribution is -0.163. The van der Waals surface area contributed by atoms with Crippen molar-refractivity contribution in [3.05, 3.63) is 59.2 Å². The van der Waals surface area contributed by atoms with E-state index in [0.717, 1.165) is 43.5 Å². The molecular formula is C31H36F6N4O2S. The van der Waals surface area contributed by atoms with Gasteiger partial charge in [0.2, 0.25) is 11.8 Å². The molecule has 0 aromatic heterocycles. The van der Waals surface area contributed by atoms with Gasteiger partial charge in [-0.15, -0.1) is 0 Å². The monoisotopic (exact) mass is 642 g/mol. The summed E-state index contributed by atoms with van der Waals surface area (Å²) >= 11 is 0.597. The molecule has 0 radical (unpaired) electrons. The zero-order chi connectivity index (χ0) is 32.1. The van der Waals surface area contributed by atoms with Crippen LogP contribution >= 0.6 is 11.8 Å². The number of rotatable bonds is 8. The molecule has 2 aliphatic rings. The van der Waals surface area contributed by atoms with Crippen LogP contribution in [0.2, 0.25) is 0 Å².